The van der Waals surface area contributed by atoms with E-state index in [-0.39, 0.29) is 11.9 Å². The molecule has 5 rings (SSSR count). The van der Waals surface area contributed by atoms with Gasteiger partial charge in [0, 0.05) is 6.04 Å². The molecule has 4 aliphatic carbocycles. The highest BCUT2D eigenvalue weighted by atomic mass is 19.1. The maximum absolute atomic E-state index is 14.9. The maximum atomic E-state index is 14.9. The molecule has 1 aromatic rings. The van der Waals surface area contributed by atoms with Crippen molar-refractivity contribution in [1.82, 2.24) is 5.32 Å². The first-order chi connectivity index (χ1) is 11.8. The first-order valence-corrected chi connectivity index (χ1v) is 9.45. The Morgan fingerprint density at radius 3 is 2.52 bits per heavy atom. The van der Waals surface area contributed by atoms with E-state index >= 15 is 0 Å². The molecule has 4 bridgehead atoms. The van der Waals surface area contributed by atoms with Gasteiger partial charge in [-0.25, -0.2) is 4.39 Å². The summed E-state index contributed by atoms with van der Waals surface area (Å²) < 4.78 is 20.1. The Hall–Kier alpha value is -1.58. The second kappa shape index (κ2) is 5.72. The Morgan fingerprint density at radius 2 is 1.92 bits per heavy atom. The summed E-state index contributed by atoms with van der Waals surface area (Å²) in [5.74, 6) is 1.93. The zero-order chi connectivity index (χ0) is 17.8. The van der Waals surface area contributed by atoms with E-state index in [1.165, 1.54) is 0 Å². The quantitative estimate of drug-likeness (QED) is 0.895. The second-order valence-electron chi connectivity index (χ2n) is 8.98. The van der Waals surface area contributed by atoms with E-state index < -0.39 is 11.1 Å². The van der Waals surface area contributed by atoms with Gasteiger partial charge in [-0.3, -0.25) is 4.79 Å². The van der Waals surface area contributed by atoms with Crippen LogP contribution in [0.1, 0.15) is 51.5 Å². The van der Waals surface area contributed by atoms with Gasteiger partial charge < -0.3 is 10.1 Å². The van der Waals surface area contributed by atoms with Gasteiger partial charge in [-0.15, -0.1) is 0 Å². The Morgan fingerprint density at radius 1 is 1.24 bits per heavy atom. The first-order valence-electron chi connectivity index (χ1n) is 9.45. The van der Waals surface area contributed by atoms with Crippen LogP contribution in [0.3, 0.4) is 0 Å². The van der Waals surface area contributed by atoms with Crippen LogP contribution in [0.25, 0.3) is 0 Å². The van der Waals surface area contributed by atoms with Crippen LogP contribution in [0.15, 0.2) is 24.3 Å². The molecule has 1 N–H and O–H groups in total. The van der Waals surface area contributed by atoms with Crippen LogP contribution >= 0.6 is 0 Å². The van der Waals surface area contributed by atoms with Gasteiger partial charge in [0.25, 0.3) is 0 Å². The van der Waals surface area contributed by atoms with Crippen molar-refractivity contribution in [2.75, 3.05) is 7.11 Å². The monoisotopic (exact) mass is 345 g/mol. The lowest BCUT2D eigenvalue weighted by atomic mass is 9.53. The highest BCUT2D eigenvalue weighted by Crippen LogP contribution is 2.57. The van der Waals surface area contributed by atoms with E-state index in [9.17, 15) is 9.18 Å². The number of benzene rings is 1. The Bertz CT molecular complexity index is 670. The molecule has 4 aliphatic rings. The Kier molecular flexibility index (Phi) is 3.86. The SMILES string of the molecule is COc1cccc(C(C)(C)C(=O)N[C@H]2[C@@H]3CC4C[C@H]2C[C@](F)(C4)C3)c1. The first kappa shape index (κ1) is 16.9. The number of methoxy groups -OCH3 is 1. The third-order valence-corrected chi connectivity index (χ3v) is 6.86. The summed E-state index contributed by atoms with van der Waals surface area (Å²) in [6, 6.07) is 7.83. The van der Waals surface area contributed by atoms with Gasteiger partial charge in [-0.05, 0) is 81.4 Å². The molecule has 5 atom stereocenters. The van der Waals surface area contributed by atoms with Crippen molar-refractivity contribution in [3.63, 3.8) is 0 Å². The van der Waals surface area contributed by atoms with Gasteiger partial charge >= 0.3 is 0 Å². The molecular formula is C21H28FNO2. The van der Waals surface area contributed by atoms with Crippen LogP contribution in [-0.2, 0) is 10.2 Å². The summed E-state index contributed by atoms with van der Waals surface area (Å²) in [5.41, 5.74) is -0.661. The number of carbonyl (C=O) groups excluding carboxylic acids is 1. The molecular weight excluding hydrogens is 317 g/mol. The molecule has 0 radical (unpaired) electrons. The topological polar surface area (TPSA) is 38.3 Å². The fourth-order valence-corrected chi connectivity index (χ4v) is 5.64. The molecule has 1 amide bonds. The molecule has 4 fully saturated rings. The number of hydrogen-bond donors (Lipinski definition) is 1. The number of rotatable bonds is 4. The predicted octanol–water partition coefficient (Wildman–Crippen LogP) is 4.01. The lowest BCUT2D eigenvalue weighted by Crippen LogP contribution is -2.61. The zero-order valence-electron chi connectivity index (χ0n) is 15.3. The number of ether oxygens (including phenoxy) is 1. The van der Waals surface area contributed by atoms with Crippen molar-refractivity contribution >= 4 is 5.91 Å². The molecule has 136 valence electrons. The van der Waals surface area contributed by atoms with E-state index in [0.717, 1.165) is 30.6 Å². The predicted molar refractivity (Wildman–Crippen MR) is 95.3 cm³/mol. The van der Waals surface area contributed by atoms with Crippen LogP contribution in [0, 0.1) is 17.8 Å². The summed E-state index contributed by atoms with van der Waals surface area (Å²) in [6.45, 7) is 3.90. The fourth-order valence-electron chi connectivity index (χ4n) is 5.64. The van der Waals surface area contributed by atoms with Crippen LogP contribution in [-0.4, -0.2) is 24.7 Å². The minimum Gasteiger partial charge on any atom is -0.497 e. The van der Waals surface area contributed by atoms with Crippen LogP contribution in [0.5, 0.6) is 5.75 Å². The van der Waals surface area contributed by atoms with Crippen LogP contribution < -0.4 is 10.1 Å². The maximum Gasteiger partial charge on any atom is 0.230 e. The standard InChI is InChI=1S/C21H28FNO2/c1-20(2,16-5-4-6-17(9-16)25-3)19(24)23-18-14-7-13-8-15(18)12-21(22,10-13)11-14/h4-6,9,13-15,18H,7-8,10-12H2,1-3H3,(H,23,24)/t13?,14-,15+,18+,21+. The van der Waals surface area contributed by atoms with E-state index in [1.54, 1.807) is 7.11 Å². The van der Waals surface area contributed by atoms with Crippen molar-refractivity contribution in [2.45, 2.75) is 63.1 Å². The van der Waals surface area contributed by atoms with Gasteiger partial charge in [-0.2, -0.15) is 0 Å². The molecule has 3 nitrogen and oxygen atoms in total. The van der Waals surface area contributed by atoms with Crippen molar-refractivity contribution in [3.05, 3.63) is 29.8 Å². The Labute approximate surface area is 149 Å². The molecule has 0 heterocycles. The number of hydrogen-bond acceptors (Lipinski definition) is 2. The lowest BCUT2D eigenvalue weighted by molar-refractivity contribution is -0.134. The molecule has 1 aromatic carbocycles. The number of halogens is 1. The third-order valence-electron chi connectivity index (χ3n) is 6.86. The third kappa shape index (κ3) is 2.84. The van der Waals surface area contributed by atoms with Crippen molar-refractivity contribution in [2.24, 2.45) is 17.8 Å². The highest BCUT2D eigenvalue weighted by Gasteiger charge is 2.56. The normalized spacial score (nSPS) is 36.3. The molecule has 4 saturated carbocycles. The van der Waals surface area contributed by atoms with E-state index in [2.05, 4.69) is 5.32 Å². The van der Waals surface area contributed by atoms with E-state index in [0.29, 0.717) is 30.6 Å². The van der Waals surface area contributed by atoms with Crippen molar-refractivity contribution < 1.29 is 13.9 Å². The average molecular weight is 345 g/mol. The zero-order valence-corrected chi connectivity index (χ0v) is 15.3. The Balaban J connectivity index is 1.51. The van der Waals surface area contributed by atoms with Gasteiger partial charge in [0.05, 0.1) is 12.5 Å². The number of alkyl halides is 1. The molecule has 25 heavy (non-hydrogen) atoms. The van der Waals surface area contributed by atoms with Crippen molar-refractivity contribution in [3.8, 4) is 5.75 Å². The number of amides is 1. The lowest BCUT2D eigenvalue weighted by Gasteiger charge is -2.57. The molecule has 4 heteroatoms. The van der Waals surface area contributed by atoms with E-state index in [4.69, 9.17) is 4.74 Å². The van der Waals surface area contributed by atoms with E-state index in [1.807, 2.05) is 38.1 Å². The highest BCUT2D eigenvalue weighted by molar-refractivity contribution is 5.87. The largest absolute Gasteiger partial charge is 0.497 e. The number of carbonyl (C=O) groups is 1. The number of nitrogens with one attached hydrogen (secondary N) is 1. The van der Waals surface area contributed by atoms with Crippen LogP contribution in [0.2, 0.25) is 0 Å². The minimum absolute atomic E-state index is 0.0335. The molecule has 1 unspecified atom stereocenters. The minimum atomic E-state index is -0.958. The summed E-state index contributed by atoms with van der Waals surface area (Å²) in [5, 5.41) is 3.31. The summed E-state index contributed by atoms with van der Waals surface area (Å²) in [6.07, 6.45) is 4.16. The summed E-state index contributed by atoms with van der Waals surface area (Å²) in [7, 11) is 1.63. The van der Waals surface area contributed by atoms with Crippen molar-refractivity contribution in [1.29, 1.82) is 0 Å². The summed E-state index contributed by atoms with van der Waals surface area (Å²) in [4.78, 5) is 13.1. The fraction of sp³-hybridized carbons (Fsp3) is 0.667. The molecule has 0 spiro atoms. The van der Waals surface area contributed by atoms with Gasteiger partial charge in [0.2, 0.25) is 5.91 Å². The summed E-state index contributed by atoms with van der Waals surface area (Å²) >= 11 is 0. The van der Waals surface area contributed by atoms with Gasteiger partial charge in [0.15, 0.2) is 0 Å². The molecule has 0 saturated heterocycles. The smallest absolute Gasteiger partial charge is 0.230 e. The van der Waals surface area contributed by atoms with Crippen LogP contribution in [0.4, 0.5) is 4.39 Å². The second-order valence-corrected chi connectivity index (χ2v) is 8.98. The molecule has 0 aliphatic heterocycles. The van der Waals surface area contributed by atoms with Gasteiger partial charge in [0.1, 0.15) is 11.4 Å². The average Bonchev–Trinajstić information content (AvgIpc) is 2.56. The van der Waals surface area contributed by atoms with Gasteiger partial charge in [-0.1, -0.05) is 12.1 Å². The molecule has 0 aromatic heterocycles.